The molecule has 0 aromatic heterocycles. The Labute approximate surface area is 132 Å². The minimum absolute atomic E-state index is 0.0629. The zero-order valence-corrected chi connectivity index (χ0v) is 14.7. The van der Waals surface area contributed by atoms with Gasteiger partial charge in [0.05, 0.1) is 11.0 Å². The predicted molar refractivity (Wildman–Crippen MR) is 89.1 cm³/mol. The molecule has 0 saturated heterocycles. The SMILES string of the molecule is CCC(CC)(CNS(=O)(=O)c1ccc(C(C)O)cc1)SC. The highest BCUT2D eigenvalue weighted by molar-refractivity contribution is 8.00. The third-order valence-corrected chi connectivity index (χ3v) is 6.98. The van der Waals surface area contributed by atoms with Gasteiger partial charge in [0.25, 0.3) is 0 Å². The molecule has 1 unspecified atom stereocenters. The van der Waals surface area contributed by atoms with Crippen LogP contribution in [0.25, 0.3) is 0 Å². The van der Waals surface area contributed by atoms with Gasteiger partial charge in [-0.1, -0.05) is 26.0 Å². The van der Waals surface area contributed by atoms with Gasteiger partial charge in [0.2, 0.25) is 10.0 Å². The zero-order valence-electron chi connectivity index (χ0n) is 13.1. The Hall–Kier alpha value is -0.560. The highest BCUT2D eigenvalue weighted by Gasteiger charge is 2.27. The largest absolute Gasteiger partial charge is 0.389 e. The van der Waals surface area contributed by atoms with Crippen LogP contribution in [0.5, 0.6) is 0 Å². The highest BCUT2D eigenvalue weighted by Crippen LogP contribution is 2.30. The monoisotopic (exact) mass is 331 g/mol. The summed E-state index contributed by atoms with van der Waals surface area (Å²) in [6.45, 7) is 6.22. The second kappa shape index (κ2) is 7.63. The van der Waals surface area contributed by atoms with Crippen LogP contribution in [-0.4, -0.2) is 31.1 Å². The van der Waals surface area contributed by atoms with Crippen molar-refractivity contribution in [3.8, 4) is 0 Å². The smallest absolute Gasteiger partial charge is 0.240 e. The summed E-state index contributed by atoms with van der Waals surface area (Å²) in [5, 5.41) is 9.46. The Kier molecular flexibility index (Phi) is 6.71. The van der Waals surface area contributed by atoms with E-state index in [9.17, 15) is 13.5 Å². The van der Waals surface area contributed by atoms with Crippen molar-refractivity contribution in [1.82, 2.24) is 4.72 Å². The normalized spacial score (nSPS) is 14.1. The lowest BCUT2D eigenvalue weighted by molar-refractivity contribution is 0.199. The lowest BCUT2D eigenvalue weighted by atomic mass is 10.0. The molecular weight excluding hydrogens is 306 g/mol. The summed E-state index contributed by atoms with van der Waals surface area (Å²) in [5.74, 6) is 0. The molecule has 2 N–H and O–H groups in total. The Morgan fingerprint density at radius 1 is 1.24 bits per heavy atom. The lowest BCUT2D eigenvalue weighted by Crippen LogP contribution is -2.39. The Morgan fingerprint density at radius 2 is 1.76 bits per heavy atom. The first kappa shape index (κ1) is 18.5. The van der Waals surface area contributed by atoms with Crippen molar-refractivity contribution in [1.29, 1.82) is 0 Å². The van der Waals surface area contributed by atoms with Crippen molar-refractivity contribution in [2.24, 2.45) is 0 Å². The van der Waals surface area contributed by atoms with E-state index in [1.54, 1.807) is 30.8 Å². The summed E-state index contributed by atoms with van der Waals surface area (Å²) in [6.07, 6.45) is 3.24. The molecule has 6 heteroatoms. The van der Waals surface area contributed by atoms with Crippen LogP contribution in [0.1, 0.15) is 45.3 Å². The number of nitrogens with one attached hydrogen (secondary N) is 1. The number of aliphatic hydroxyl groups is 1. The van der Waals surface area contributed by atoms with Crippen molar-refractivity contribution < 1.29 is 13.5 Å². The van der Waals surface area contributed by atoms with Gasteiger partial charge in [-0.3, -0.25) is 0 Å². The number of sulfonamides is 1. The molecule has 0 amide bonds. The molecule has 0 aliphatic rings. The first-order chi connectivity index (χ1) is 9.80. The number of aliphatic hydroxyl groups excluding tert-OH is 1. The molecule has 1 atom stereocenters. The molecule has 21 heavy (non-hydrogen) atoms. The maximum Gasteiger partial charge on any atom is 0.240 e. The van der Waals surface area contributed by atoms with Crippen molar-refractivity contribution >= 4 is 21.8 Å². The Balaban J connectivity index is 2.86. The van der Waals surface area contributed by atoms with Gasteiger partial charge in [0.1, 0.15) is 0 Å². The molecule has 0 saturated carbocycles. The topological polar surface area (TPSA) is 66.4 Å². The Bertz CT molecular complexity index is 526. The molecule has 1 aromatic carbocycles. The highest BCUT2D eigenvalue weighted by atomic mass is 32.2. The second-order valence-electron chi connectivity index (χ2n) is 5.16. The van der Waals surface area contributed by atoms with Crippen LogP contribution in [-0.2, 0) is 10.0 Å². The first-order valence-corrected chi connectivity index (χ1v) is 9.84. The summed E-state index contributed by atoms with van der Waals surface area (Å²) >= 11 is 1.70. The number of benzene rings is 1. The zero-order chi connectivity index (χ0) is 16.1. The number of hydrogen-bond donors (Lipinski definition) is 2. The quantitative estimate of drug-likeness (QED) is 0.768. The summed E-state index contributed by atoms with van der Waals surface area (Å²) in [4.78, 5) is 0.231. The van der Waals surface area contributed by atoms with Gasteiger partial charge in [0.15, 0.2) is 0 Å². The van der Waals surface area contributed by atoms with Crippen LogP contribution >= 0.6 is 11.8 Å². The molecule has 0 aliphatic heterocycles. The molecule has 0 fully saturated rings. The van der Waals surface area contributed by atoms with E-state index in [1.165, 1.54) is 12.1 Å². The van der Waals surface area contributed by atoms with Crippen molar-refractivity contribution in [3.05, 3.63) is 29.8 Å². The fraction of sp³-hybridized carbons (Fsp3) is 0.600. The van der Waals surface area contributed by atoms with Gasteiger partial charge < -0.3 is 5.11 Å². The van der Waals surface area contributed by atoms with Crippen molar-refractivity contribution in [3.63, 3.8) is 0 Å². The maximum absolute atomic E-state index is 12.3. The number of hydrogen-bond acceptors (Lipinski definition) is 4. The van der Waals surface area contributed by atoms with Gasteiger partial charge >= 0.3 is 0 Å². The maximum atomic E-state index is 12.3. The fourth-order valence-corrected chi connectivity index (χ4v) is 4.11. The van der Waals surface area contributed by atoms with Crippen LogP contribution < -0.4 is 4.72 Å². The minimum Gasteiger partial charge on any atom is -0.389 e. The average Bonchev–Trinajstić information content (AvgIpc) is 2.49. The molecule has 0 radical (unpaired) electrons. The number of rotatable bonds is 8. The van der Waals surface area contributed by atoms with E-state index in [1.807, 2.05) is 6.26 Å². The van der Waals surface area contributed by atoms with Crippen LogP contribution in [0.15, 0.2) is 29.2 Å². The molecule has 120 valence electrons. The fourth-order valence-electron chi connectivity index (χ4n) is 2.10. The third kappa shape index (κ3) is 4.71. The first-order valence-electron chi connectivity index (χ1n) is 7.13. The molecule has 0 aliphatic carbocycles. The Morgan fingerprint density at radius 3 is 2.14 bits per heavy atom. The number of thioether (sulfide) groups is 1. The van der Waals surface area contributed by atoms with Gasteiger partial charge in [0, 0.05) is 11.3 Å². The van der Waals surface area contributed by atoms with E-state index in [2.05, 4.69) is 18.6 Å². The standard InChI is InChI=1S/C15H25NO3S2/c1-5-15(6-2,20-4)11-16-21(18,19)14-9-7-13(8-10-14)12(3)17/h7-10,12,16-17H,5-6,11H2,1-4H3. The van der Waals surface area contributed by atoms with Crippen LogP contribution in [0.3, 0.4) is 0 Å². The molecule has 4 nitrogen and oxygen atoms in total. The van der Waals surface area contributed by atoms with Gasteiger partial charge in [-0.15, -0.1) is 0 Å². The van der Waals surface area contributed by atoms with E-state index in [4.69, 9.17) is 0 Å². The van der Waals surface area contributed by atoms with Gasteiger partial charge in [-0.2, -0.15) is 11.8 Å². The molecule has 1 aromatic rings. The van der Waals surface area contributed by atoms with Crippen LogP contribution in [0, 0.1) is 0 Å². The second-order valence-corrected chi connectivity index (χ2v) is 8.21. The predicted octanol–water partition coefficient (Wildman–Crippen LogP) is 2.94. The summed E-state index contributed by atoms with van der Waals surface area (Å²) in [5.41, 5.74) is 0.703. The van der Waals surface area contributed by atoms with E-state index >= 15 is 0 Å². The van der Waals surface area contributed by atoms with Gasteiger partial charge in [-0.25, -0.2) is 13.1 Å². The summed E-state index contributed by atoms with van der Waals surface area (Å²) in [7, 11) is -3.51. The van der Waals surface area contributed by atoms with E-state index < -0.39 is 16.1 Å². The van der Waals surface area contributed by atoms with Crippen molar-refractivity contribution in [2.45, 2.75) is 49.4 Å². The van der Waals surface area contributed by atoms with Crippen LogP contribution in [0.2, 0.25) is 0 Å². The van der Waals surface area contributed by atoms with Gasteiger partial charge in [-0.05, 0) is 43.7 Å². The molecule has 0 heterocycles. The molecular formula is C15H25NO3S2. The van der Waals surface area contributed by atoms with E-state index in [0.29, 0.717) is 12.1 Å². The molecule has 1 rings (SSSR count). The minimum atomic E-state index is -3.51. The van der Waals surface area contributed by atoms with Crippen LogP contribution in [0.4, 0.5) is 0 Å². The average molecular weight is 332 g/mol. The molecule has 0 bridgehead atoms. The third-order valence-electron chi connectivity index (χ3n) is 3.98. The van der Waals surface area contributed by atoms with E-state index in [0.717, 1.165) is 12.8 Å². The summed E-state index contributed by atoms with van der Waals surface area (Å²) in [6, 6.07) is 6.34. The van der Waals surface area contributed by atoms with E-state index in [-0.39, 0.29) is 9.64 Å². The lowest BCUT2D eigenvalue weighted by Gasteiger charge is -2.29. The molecule has 0 spiro atoms. The summed E-state index contributed by atoms with van der Waals surface area (Å²) < 4.78 is 27.3. The van der Waals surface area contributed by atoms with Crippen molar-refractivity contribution in [2.75, 3.05) is 12.8 Å².